The number of rotatable bonds is 7. The Balaban J connectivity index is 1.44. The van der Waals surface area contributed by atoms with Crippen molar-refractivity contribution in [1.82, 2.24) is 0 Å². The number of halogens is 1. The molecule has 224 valence electrons. The van der Waals surface area contributed by atoms with Crippen LogP contribution in [-0.4, -0.2) is 37.2 Å². The number of fused-ring (bicyclic) bond motifs is 5. The van der Waals surface area contributed by atoms with Gasteiger partial charge in [-0.25, -0.2) is 4.79 Å². The van der Waals surface area contributed by atoms with Crippen LogP contribution in [-0.2, 0) is 23.8 Å². The molecule has 0 aliphatic heterocycles. The second-order valence-electron chi connectivity index (χ2n) is 13.6. The fourth-order valence-electron chi connectivity index (χ4n) is 9.41. The van der Waals surface area contributed by atoms with E-state index in [1.54, 1.807) is 0 Å². The lowest BCUT2D eigenvalue weighted by Crippen LogP contribution is -2.59. The lowest BCUT2D eigenvalue weighted by atomic mass is 9.43. The molecule has 5 rings (SSSR count). The van der Waals surface area contributed by atoms with Crippen LogP contribution in [0.1, 0.15) is 95.8 Å². The standard InChI is InChI=1S/C34H45IO6/c1-20(9-12-30(37)39-5)26-10-11-27-31-28(14-16-34(26,27)4)33(3)15-13-25(40-21(2)36)18-23(33)19-29(31)41-32(38)22-7-6-8-24(35)17-22/h6-8,10,17,20,23,25,27-29,31H,9,11-16,18-19H2,1-5H3/t20-,23?,25-,27+,28?,29-,31?,33?,34?/m1/s1. The Morgan fingerprint density at radius 3 is 2.56 bits per heavy atom. The molecule has 5 unspecified atom stereocenters. The van der Waals surface area contributed by atoms with Gasteiger partial charge in [-0.15, -0.1) is 0 Å². The first-order valence-corrected chi connectivity index (χ1v) is 16.4. The summed E-state index contributed by atoms with van der Waals surface area (Å²) in [6, 6.07) is 7.63. The first-order chi connectivity index (χ1) is 19.5. The number of carbonyl (C=O) groups excluding carboxylic acids is 3. The molecule has 0 spiro atoms. The summed E-state index contributed by atoms with van der Waals surface area (Å²) in [7, 11) is 1.45. The molecule has 0 aromatic heterocycles. The fourth-order valence-corrected chi connectivity index (χ4v) is 9.95. The summed E-state index contributed by atoms with van der Waals surface area (Å²) < 4.78 is 18.2. The van der Waals surface area contributed by atoms with Crippen molar-refractivity contribution in [3.8, 4) is 0 Å². The zero-order chi connectivity index (χ0) is 29.5. The van der Waals surface area contributed by atoms with Crippen LogP contribution < -0.4 is 0 Å². The summed E-state index contributed by atoms with van der Waals surface area (Å²) in [6.07, 6.45) is 10.2. The Labute approximate surface area is 258 Å². The average molecular weight is 677 g/mol. The van der Waals surface area contributed by atoms with Crippen LogP contribution in [0.25, 0.3) is 0 Å². The lowest BCUT2D eigenvalue weighted by molar-refractivity contribution is -0.177. The average Bonchev–Trinajstić information content (AvgIpc) is 3.29. The first kappa shape index (κ1) is 30.6. The van der Waals surface area contributed by atoms with Gasteiger partial charge in [-0.2, -0.15) is 0 Å². The summed E-state index contributed by atoms with van der Waals surface area (Å²) in [5.41, 5.74) is 2.23. The predicted octanol–water partition coefficient (Wildman–Crippen LogP) is 7.53. The molecule has 0 bridgehead atoms. The second-order valence-corrected chi connectivity index (χ2v) is 14.8. The maximum atomic E-state index is 13.6. The third-order valence-corrected chi connectivity index (χ3v) is 12.1. The molecule has 6 nitrogen and oxygen atoms in total. The quantitative estimate of drug-likeness (QED) is 0.129. The van der Waals surface area contributed by atoms with Gasteiger partial charge in [-0.1, -0.05) is 38.5 Å². The minimum atomic E-state index is -0.242. The van der Waals surface area contributed by atoms with Crippen molar-refractivity contribution in [2.24, 2.45) is 40.4 Å². The van der Waals surface area contributed by atoms with Crippen LogP contribution in [0.5, 0.6) is 0 Å². The third kappa shape index (κ3) is 5.85. The number of hydrogen-bond acceptors (Lipinski definition) is 6. The number of ether oxygens (including phenoxy) is 3. The highest BCUT2D eigenvalue weighted by atomic mass is 127. The molecule has 7 heteroatoms. The number of carbonyl (C=O) groups is 3. The van der Waals surface area contributed by atoms with E-state index in [2.05, 4.69) is 49.4 Å². The van der Waals surface area contributed by atoms with Gasteiger partial charge in [0.25, 0.3) is 0 Å². The van der Waals surface area contributed by atoms with Gasteiger partial charge in [-0.3, -0.25) is 9.59 Å². The molecule has 3 fully saturated rings. The topological polar surface area (TPSA) is 78.9 Å². The van der Waals surface area contributed by atoms with Gasteiger partial charge < -0.3 is 14.2 Å². The second kappa shape index (κ2) is 12.0. The van der Waals surface area contributed by atoms with E-state index < -0.39 is 0 Å². The Kier molecular flexibility index (Phi) is 8.94. The summed E-state index contributed by atoms with van der Waals surface area (Å²) in [5, 5.41) is 0. The van der Waals surface area contributed by atoms with E-state index in [0.29, 0.717) is 35.7 Å². The summed E-state index contributed by atoms with van der Waals surface area (Å²) >= 11 is 2.24. The monoisotopic (exact) mass is 676 g/mol. The van der Waals surface area contributed by atoms with Gasteiger partial charge in [0.2, 0.25) is 0 Å². The molecule has 4 aliphatic rings. The Morgan fingerprint density at radius 2 is 1.85 bits per heavy atom. The van der Waals surface area contributed by atoms with E-state index in [1.165, 1.54) is 19.6 Å². The Hall–Kier alpha value is -1.90. The van der Waals surface area contributed by atoms with Gasteiger partial charge in [0.1, 0.15) is 12.2 Å². The van der Waals surface area contributed by atoms with E-state index in [-0.39, 0.29) is 46.9 Å². The highest BCUT2D eigenvalue weighted by molar-refractivity contribution is 14.1. The zero-order valence-electron chi connectivity index (χ0n) is 25.1. The molecule has 41 heavy (non-hydrogen) atoms. The van der Waals surface area contributed by atoms with Gasteiger partial charge in [0.05, 0.1) is 12.7 Å². The highest BCUT2D eigenvalue weighted by Crippen LogP contribution is 2.67. The van der Waals surface area contributed by atoms with Crippen molar-refractivity contribution in [3.05, 3.63) is 45.0 Å². The van der Waals surface area contributed by atoms with Crippen molar-refractivity contribution in [2.75, 3.05) is 7.11 Å². The summed E-state index contributed by atoms with van der Waals surface area (Å²) in [4.78, 5) is 37.3. The van der Waals surface area contributed by atoms with E-state index in [1.807, 2.05) is 24.3 Å². The SMILES string of the molecule is COC(=O)CC[C@@H](C)C1=CC[C@H]2C3C(CCC12C)C1(C)CC[C@@H](OC(C)=O)CC1C[C@H]3OC(=O)c1cccc(I)c1. The van der Waals surface area contributed by atoms with Crippen molar-refractivity contribution >= 4 is 40.5 Å². The van der Waals surface area contributed by atoms with Gasteiger partial charge in [-0.05, 0) is 127 Å². The van der Waals surface area contributed by atoms with E-state index in [4.69, 9.17) is 14.2 Å². The molecule has 0 heterocycles. The van der Waals surface area contributed by atoms with Gasteiger partial charge in [0, 0.05) is 22.8 Å². The number of hydrogen-bond donors (Lipinski definition) is 0. The van der Waals surface area contributed by atoms with Crippen LogP contribution in [0.15, 0.2) is 35.9 Å². The molecule has 4 aliphatic carbocycles. The molecule has 3 saturated carbocycles. The number of methoxy groups -OCH3 is 1. The van der Waals surface area contributed by atoms with Gasteiger partial charge >= 0.3 is 17.9 Å². The van der Waals surface area contributed by atoms with Crippen molar-refractivity contribution in [1.29, 1.82) is 0 Å². The number of esters is 3. The fraction of sp³-hybridized carbons (Fsp3) is 0.676. The maximum Gasteiger partial charge on any atom is 0.338 e. The lowest BCUT2D eigenvalue weighted by Gasteiger charge is -2.62. The first-order valence-electron chi connectivity index (χ1n) is 15.4. The molecule has 9 atom stereocenters. The Morgan fingerprint density at radius 1 is 1.07 bits per heavy atom. The van der Waals surface area contributed by atoms with Crippen LogP contribution in [0, 0.1) is 44.0 Å². The normalized spacial score (nSPS) is 36.6. The van der Waals surface area contributed by atoms with E-state index in [9.17, 15) is 14.4 Å². The number of allylic oxidation sites excluding steroid dienone is 2. The predicted molar refractivity (Wildman–Crippen MR) is 165 cm³/mol. The maximum absolute atomic E-state index is 13.6. The number of benzene rings is 1. The van der Waals surface area contributed by atoms with E-state index >= 15 is 0 Å². The molecular weight excluding hydrogens is 631 g/mol. The molecule has 1 aromatic rings. The van der Waals surface area contributed by atoms with E-state index in [0.717, 1.165) is 54.9 Å². The van der Waals surface area contributed by atoms with Crippen molar-refractivity contribution in [2.45, 2.75) is 97.7 Å². The summed E-state index contributed by atoms with van der Waals surface area (Å²) in [6.45, 7) is 8.63. The minimum absolute atomic E-state index is 0.0294. The molecule has 0 radical (unpaired) electrons. The molecule has 0 saturated heterocycles. The smallest absolute Gasteiger partial charge is 0.338 e. The molecule has 0 amide bonds. The zero-order valence-corrected chi connectivity index (χ0v) is 27.3. The third-order valence-electron chi connectivity index (χ3n) is 11.4. The molecule has 0 N–H and O–H groups in total. The van der Waals surface area contributed by atoms with Crippen LogP contribution in [0.2, 0.25) is 0 Å². The minimum Gasteiger partial charge on any atom is -0.469 e. The largest absolute Gasteiger partial charge is 0.469 e. The van der Waals surface area contributed by atoms with Crippen LogP contribution in [0.4, 0.5) is 0 Å². The van der Waals surface area contributed by atoms with Crippen LogP contribution >= 0.6 is 22.6 Å². The highest BCUT2D eigenvalue weighted by Gasteiger charge is 2.62. The molecular formula is C34H45IO6. The van der Waals surface area contributed by atoms with Crippen molar-refractivity contribution in [3.63, 3.8) is 0 Å². The summed E-state index contributed by atoms with van der Waals surface area (Å²) in [5.74, 6) is 1.15. The molecule has 1 aromatic carbocycles. The Bertz CT molecular complexity index is 1210. The van der Waals surface area contributed by atoms with Crippen molar-refractivity contribution < 1.29 is 28.6 Å². The van der Waals surface area contributed by atoms with Crippen LogP contribution in [0.3, 0.4) is 0 Å². The van der Waals surface area contributed by atoms with Gasteiger partial charge in [0.15, 0.2) is 0 Å².